The molecule has 2 aromatic heterocycles. The van der Waals surface area contributed by atoms with Gasteiger partial charge in [-0.15, -0.1) is 10.2 Å². The third-order valence-corrected chi connectivity index (χ3v) is 5.16. The van der Waals surface area contributed by atoms with E-state index in [4.69, 9.17) is 4.42 Å². The van der Waals surface area contributed by atoms with E-state index in [0.29, 0.717) is 34.6 Å². The first-order valence-electron chi connectivity index (χ1n) is 9.55. The van der Waals surface area contributed by atoms with Gasteiger partial charge < -0.3 is 4.42 Å². The lowest BCUT2D eigenvalue weighted by atomic mass is 10.1. The molecular weight excluding hydrogens is 418 g/mol. The molecule has 0 spiro atoms. The molecule has 0 radical (unpaired) electrons. The fourth-order valence-corrected chi connectivity index (χ4v) is 3.68. The molecule has 158 valence electrons. The van der Waals surface area contributed by atoms with Crippen LogP contribution in [0.15, 0.2) is 53.1 Å². The summed E-state index contributed by atoms with van der Waals surface area (Å²) in [5.74, 6) is -0.678. The fraction of sp³-hybridized carbons (Fsp3) is 0.136. The molecule has 0 saturated carbocycles. The summed E-state index contributed by atoms with van der Waals surface area (Å²) in [4.78, 5) is 14.8. The maximum atomic E-state index is 13.2. The van der Waals surface area contributed by atoms with Crippen molar-refractivity contribution in [2.45, 2.75) is 13.0 Å². The minimum Gasteiger partial charge on any atom is -0.415 e. The molecule has 1 aliphatic heterocycles. The molecule has 0 unspecified atom stereocenters. The second-order valence-corrected chi connectivity index (χ2v) is 7.24. The van der Waals surface area contributed by atoms with Gasteiger partial charge in [0, 0.05) is 29.9 Å². The fourth-order valence-electron chi connectivity index (χ4n) is 3.68. The number of nitrogens with zero attached hydrogens (tertiary/aromatic N) is 6. The van der Waals surface area contributed by atoms with Crippen LogP contribution in [0.4, 0.5) is 14.6 Å². The largest absolute Gasteiger partial charge is 0.415 e. The van der Waals surface area contributed by atoms with Gasteiger partial charge in [-0.25, -0.2) is 0 Å². The first kappa shape index (κ1) is 19.6. The zero-order valence-electron chi connectivity index (χ0n) is 16.7. The van der Waals surface area contributed by atoms with Gasteiger partial charge in [0.2, 0.25) is 5.89 Å². The van der Waals surface area contributed by atoms with Crippen molar-refractivity contribution in [1.82, 2.24) is 20.0 Å². The van der Waals surface area contributed by atoms with Crippen LogP contribution < -0.4 is 4.90 Å². The number of nitriles is 1. The van der Waals surface area contributed by atoms with E-state index in [1.54, 1.807) is 59.2 Å². The number of halogens is 2. The number of alkyl halides is 2. The highest BCUT2D eigenvalue weighted by molar-refractivity contribution is 6.11. The molecule has 3 heterocycles. The SMILES string of the molecule is Cn1cc(-c2cccc(C#N)c2)c(N2Cc3ccc(-c4nnc(C(F)F)o4)cc3C2=O)n1. The molecule has 0 bridgehead atoms. The second-order valence-electron chi connectivity index (χ2n) is 7.24. The number of carbonyl (C=O) groups excluding carboxylic acids is 1. The summed E-state index contributed by atoms with van der Waals surface area (Å²) in [7, 11) is 1.75. The van der Waals surface area contributed by atoms with Gasteiger partial charge in [-0.2, -0.15) is 19.1 Å². The molecule has 0 N–H and O–H groups in total. The Bertz CT molecular complexity index is 1400. The molecule has 0 fully saturated rings. The number of amides is 1. The maximum Gasteiger partial charge on any atom is 0.314 e. The van der Waals surface area contributed by atoms with E-state index in [9.17, 15) is 18.8 Å². The van der Waals surface area contributed by atoms with Gasteiger partial charge in [-0.3, -0.25) is 14.4 Å². The number of aryl methyl sites for hydroxylation is 1. The average Bonchev–Trinajstić information content (AvgIpc) is 3.51. The molecule has 0 saturated heterocycles. The van der Waals surface area contributed by atoms with E-state index >= 15 is 0 Å². The van der Waals surface area contributed by atoms with E-state index in [2.05, 4.69) is 21.4 Å². The number of rotatable bonds is 4. The lowest BCUT2D eigenvalue weighted by Crippen LogP contribution is -2.24. The van der Waals surface area contributed by atoms with Gasteiger partial charge in [0.15, 0.2) is 5.82 Å². The molecule has 10 heteroatoms. The Balaban J connectivity index is 1.51. The van der Waals surface area contributed by atoms with E-state index in [1.807, 2.05) is 6.07 Å². The van der Waals surface area contributed by atoms with Crippen molar-refractivity contribution in [2.24, 2.45) is 7.05 Å². The molecule has 1 aliphatic rings. The molecule has 8 nitrogen and oxygen atoms in total. The number of anilines is 1. The predicted octanol–water partition coefficient (Wildman–Crippen LogP) is 4.11. The van der Waals surface area contributed by atoms with Gasteiger partial charge in [-0.05, 0) is 35.4 Å². The standard InChI is InChI=1S/C22H14F2N6O2/c1-29-11-17(13-4-2-3-12(7-13)9-25)19(28-29)30-10-15-6-5-14(8-16(15)22(30)31)20-26-27-21(32-20)18(23)24/h2-8,11,18H,10H2,1H3. The third-order valence-electron chi connectivity index (χ3n) is 5.16. The van der Waals surface area contributed by atoms with Crippen molar-refractivity contribution in [3.8, 4) is 28.7 Å². The van der Waals surface area contributed by atoms with E-state index in [-0.39, 0.29) is 11.8 Å². The molecule has 2 aromatic carbocycles. The molecule has 5 rings (SSSR count). The number of hydrogen-bond acceptors (Lipinski definition) is 6. The number of aromatic nitrogens is 4. The zero-order valence-corrected chi connectivity index (χ0v) is 16.7. The highest BCUT2D eigenvalue weighted by atomic mass is 19.3. The summed E-state index contributed by atoms with van der Waals surface area (Å²) in [6, 6.07) is 14.1. The van der Waals surface area contributed by atoms with Crippen LogP contribution in [-0.2, 0) is 13.6 Å². The van der Waals surface area contributed by atoms with Gasteiger partial charge in [0.25, 0.3) is 11.8 Å². The Morgan fingerprint density at radius 1 is 1.12 bits per heavy atom. The van der Waals surface area contributed by atoms with Gasteiger partial charge in [-0.1, -0.05) is 18.2 Å². The number of hydrogen-bond donors (Lipinski definition) is 0. The minimum absolute atomic E-state index is 0.0822. The monoisotopic (exact) mass is 432 g/mol. The van der Waals surface area contributed by atoms with E-state index in [1.165, 1.54) is 0 Å². The topological polar surface area (TPSA) is 101 Å². The molecule has 0 atom stereocenters. The van der Waals surface area contributed by atoms with Crippen LogP contribution in [-0.4, -0.2) is 25.9 Å². The Hall–Kier alpha value is -4.39. The Morgan fingerprint density at radius 2 is 1.97 bits per heavy atom. The predicted molar refractivity (Wildman–Crippen MR) is 109 cm³/mol. The minimum atomic E-state index is -2.87. The van der Waals surface area contributed by atoms with E-state index < -0.39 is 12.3 Å². The first-order chi connectivity index (χ1) is 15.4. The van der Waals surface area contributed by atoms with Crippen LogP contribution in [0.3, 0.4) is 0 Å². The summed E-state index contributed by atoms with van der Waals surface area (Å²) in [5.41, 5.74) is 3.52. The smallest absolute Gasteiger partial charge is 0.314 e. The summed E-state index contributed by atoms with van der Waals surface area (Å²) >= 11 is 0. The van der Waals surface area contributed by atoms with Gasteiger partial charge in [0.1, 0.15) is 0 Å². The number of carbonyl (C=O) groups is 1. The second kappa shape index (κ2) is 7.39. The summed E-state index contributed by atoms with van der Waals surface area (Å²) in [5, 5.41) is 20.7. The van der Waals surface area contributed by atoms with Crippen LogP contribution in [0.2, 0.25) is 0 Å². The molecule has 4 aromatic rings. The van der Waals surface area contributed by atoms with Crippen LogP contribution >= 0.6 is 0 Å². The lowest BCUT2D eigenvalue weighted by molar-refractivity contribution is 0.0995. The summed E-state index contributed by atoms with van der Waals surface area (Å²) < 4.78 is 32.1. The molecule has 0 aliphatic carbocycles. The molecule has 1 amide bonds. The van der Waals surface area contributed by atoms with E-state index in [0.717, 1.165) is 11.1 Å². The van der Waals surface area contributed by atoms with Crippen LogP contribution in [0.25, 0.3) is 22.6 Å². The summed E-state index contributed by atoms with van der Waals surface area (Å²) in [6.07, 6.45) is -1.08. The molecular formula is C22H14F2N6O2. The average molecular weight is 432 g/mol. The Labute approximate surface area is 180 Å². The lowest BCUT2D eigenvalue weighted by Gasteiger charge is -2.14. The normalized spacial score (nSPS) is 13.0. The van der Waals surface area contributed by atoms with Crippen molar-refractivity contribution in [1.29, 1.82) is 5.26 Å². The van der Waals surface area contributed by atoms with Crippen LogP contribution in [0.5, 0.6) is 0 Å². The van der Waals surface area contributed by atoms with Crippen molar-refractivity contribution in [2.75, 3.05) is 4.90 Å². The first-order valence-corrected chi connectivity index (χ1v) is 9.55. The van der Waals surface area contributed by atoms with Gasteiger partial charge in [0.05, 0.1) is 18.2 Å². The highest BCUT2D eigenvalue weighted by Gasteiger charge is 2.33. The van der Waals surface area contributed by atoms with Crippen molar-refractivity contribution in [3.63, 3.8) is 0 Å². The summed E-state index contributed by atoms with van der Waals surface area (Å²) in [6.45, 7) is 0.294. The van der Waals surface area contributed by atoms with Gasteiger partial charge >= 0.3 is 6.43 Å². The zero-order chi connectivity index (χ0) is 22.4. The quantitative estimate of drug-likeness (QED) is 0.481. The number of benzene rings is 2. The van der Waals surface area contributed by atoms with Crippen molar-refractivity contribution in [3.05, 3.63) is 71.2 Å². The van der Waals surface area contributed by atoms with Crippen molar-refractivity contribution < 1.29 is 18.0 Å². The van der Waals surface area contributed by atoms with Crippen LogP contribution in [0.1, 0.15) is 33.8 Å². The maximum absolute atomic E-state index is 13.2. The third kappa shape index (κ3) is 3.20. The van der Waals surface area contributed by atoms with Crippen LogP contribution in [0, 0.1) is 11.3 Å². The Kier molecular flexibility index (Phi) is 4.52. The number of fused-ring (bicyclic) bond motifs is 1. The highest BCUT2D eigenvalue weighted by Crippen LogP contribution is 2.36. The Morgan fingerprint density at radius 3 is 2.72 bits per heavy atom. The van der Waals surface area contributed by atoms with Crippen molar-refractivity contribution >= 4 is 11.7 Å². The molecule has 32 heavy (non-hydrogen) atoms.